The van der Waals surface area contributed by atoms with Gasteiger partial charge in [0, 0.05) is 25.0 Å². The van der Waals surface area contributed by atoms with Crippen LogP contribution in [0, 0.1) is 6.92 Å². The summed E-state index contributed by atoms with van der Waals surface area (Å²) in [6.07, 6.45) is -0.721. The number of hydrogen-bond donors (Lipinski definition) is 1. The van der Waals surface area contributed by atoms with Crippen LogP contribution in [-0.2, 0) is 24.1 Å². The second-order valence-electron chi connectivity index (χ2n) is 4.95. The first-order chi connectivity index (χ1) is 10.8. The van der Waals surface area contributed by atoms with Crippen LogP contribution >= 0.6 is 11.6 Å². The number of carbonyl (C=O) groups is 1. The largest absolute Gasteiger partial charge is 0.435 e. The second kappa shape index (κ2) is 7.03. The average Bonchev–Trinajstić information content (AvgIpc) is 3.01. The lowest BCUT2D eigenvalue weighted by molar-refractivity contribution is -0.141. The highest BCUT2D eigenvalue weighted by Gasteiger charge is 2.34. The lowest BCUT2D eigenvalue weighted by Gasteiger charge is -2.07. The van der Waals surface area contributed by atoms with E-state index in [0.717, 1.165) is 10.7 Å². The normalized spacial score (nSPS) is 11.7. The highest BCUT2D eigenvalue weighted by atomic mass is 35.5. The Morgan fingerprint density at radius 2 is 2.17 bits per heavy atom. The predicted molar refractivity (Wildman–Crippen MR) is 76.8 cm³/mol. The molecule has 0 saturated carbocycles. The van der Waals surface area contributed by atoms with Gasteiger partial charge in [0.25, 0.3) is 0 Å². The minimum atomic E-state index is -4.52. The number of amides is 1. The average molecular weight is 350 g/mol. The highest BCUT2D eigenvalue weighted by molar-refractivity contribution is 6.30. The first kappa shape index (κ1) is 17.3. The summed E-state index contributed by atoms with van der Waals surface area (Å²) >= 11 is 5.72. The number of halogens is 4. The predicted octanol–water partition coefficient (Wildman–Crippen LogP) is 2.27. The summed E-state index contributed by atoms with van der Waals surface area (Å²) in [5.74, 6) is -0.400. The zero-order valence-corrected chi connectivity index (χ0v) is 13.0. The summed E-state index contributed by atoms with van der Waals surface area (Å²) in [6, 6.07) is 0.911. The van der Waals surface area contributed by atoms with Crippen molar-refractivity contribution in [3.05, 3.63) is 34.9 Å². The minimum Gasteiger partial charge on any atom is -0.354 e. The molecule has 0 unspecified atom stereocenters. The molecule has 1 N–H and O–H groups in total. The summed E-state index contributed by atoms with van der Waals surface area (Å²) in [7, 11) is 0. The number of nitrogens with zero attached hydrogens (tertiary/aromatic N) is 4. The molecule has 0 aliphatic rings. The number of nitrogens with one attached hydrogen (secondary N) is 1. The summed E-state index contributed by atoms with van der Waals surface area (Å²) in [6.45, 7) is 2.17. The lowest BCUT2D eigenvalue weighted by atomic mass is 10.3. The van der Waals surface area contributed by atoms with Gasteiger partial charge in [-0.2, -0.15) is 23.4 Å². The van der Waals surface area contributed by atoms with Gasteiger partial charge in [0.1, 0.15) is 6.54 Å². The van der Waals surface area contributed by atoms with Crippen LogP contribution in [0.1, 0.15) is 17.8 Å². The third kappa shape index (κ3) is 4.98. The minimum absolute atomic E-state index is 0.254. The molecular formula is C13H15ClF3N5O. The maximum absolute atomic E-state index is 12.5. The van der Waals surface area contributed by atoms with Crippen LogP contribution in [0.5, 0.6) is 0 Å². The van der Waals surface area contributed by atoms with Gasteiger partial charge in [-0.3, -0.25) is 14.2 Å². The van der Waals surface area contributed by atoms with Gasteiger partial charge in [0.2, 0.25) is 5.91 Å². The number of aryl methyl sites for hydroxylation is 2. The summed E-state index contributed by atoms with van der Waals surface area (Å²) in [5, 5.41) is 10.6. The quantitative estimate of drug-likeness (QED) is 0.814. The molecule has 0 saturated heterocycles. The number of aromatic nitrogens is 4. The first-order valence-corrected chi connectivity index (χ1v) is 7.20. The van der Waals surface area contributed by atoms with Gasteiger partial charge in [0.15, 0.2) is 5.69 Å². The molecule has 2 aromatic heterocycles. The van der Waals surface area contributed by atoms with Gasteiger partial charge in [0.05, 0.1) is 11.2 Å². The van der Waals surface area contributed by atoms with E-state index in [9.17, 15) is 18.0 Å². The zero-order chi connectivity index (χ0) is 17.0. The fraction of sp³-hybridized carbons (Fsp3) is 0.462. The molecule has 0 aliphatic carbocycles. The molecule has 1 amide bonds. The van der Waals surface area contributed by atoms with Gasteiger partial charge in [-0.1, -0.05) is 11.6 Å². The van der Waals surface area contributed by atoms with Crippen molar-refractivity contribution >= 4 is 17.5 Å². The molecule has 0 aromatic carbocycles. The van der Waals surface area contributed by atoms with E-state index in [2.05, 4.69) is 15.5 Å². The fourth-order valence-electron chi connectivity index (χ4n) is 1.93. The van der Waals surface area contributed by atoms with E-state index < -0.39 is 17.8 Å². The summed E-state index contributed by atoms with van der Waals surface area (Å²) in [4.78, 5) is 11.7. The Kier molecular flexibility index (Phi) is 5.30. The lowest BCUT2D eigenvalue weighted by Crippen LogP contribution is -2.29. The van der Waals surface area contributed by atoms with Crippen LogP contribution in [0.25, 0.3) is 0 Å². The fourth-order valence-corrected chi connectivity index (χ4v) is 2.09. The van der Waals surface area contributed by atoms with E-state index in [1.54, 1.807) is 10.9 Å². The van der Waals surface area contributed by atoms with Crippen molar-refractivity contribution in [1.82, 2.24) is 24.9 Å². The summed E-state index contributed by atoms with van der Waals surface area (Å²) < 4.78 is 40.3. The van der Waals surface area contributed by atoms with Crippen LogP contribution in [0.3, 0.4) is 0 Å². The number of rotatable bonds is 6. The molecule has 0 spiro atoms. The molecule has 10 heteroatoms. The Labute approximate surface area is 135 Å². The molecule has 2 aromatic rings. The van der Waals surface area contributed by atoms with Crippen molar-refractivity contribution in [2.75, 3.05) is 6.54 Å². The molecule has 0 bridgehead atoms. The van der Waals surface area contributed by atoms with E-state index in [0.29, 0.717) is 24.5 Å². The maximum Gasteiger partial charge on any atom is 0.435 e. The molecule has 6 nitrogen and oxygen atoms in total. The topological polar surface area (TPSA) is 64.7 Å². The van der Waals surface area contributed by atoms with Crippen molar-refractivity contribution in [2.24, 2.45) is 0 Å². The van der Waals surface area contributed by atoms with Gasteiger partial charge in [-0.25, -0.2) is 0 Å². The van der Waals surface area contributed by atoms with E-state index in [1.165, 1.54) is 13.1 Å². The molecule has 23 heavy (non-hydrogen) atoms. The van der Waals surface area contributed by atoms with Crippen LogP contribution < -0.4 is 5.32 Å². The maximum atomic E-state index is 12.5. The second-order valence-corrected chi connectivity index (χ2v) is 5.39. The number of hydrogen-bond acceptors (Lipinski definition) is 3. The Hall–Kier alpha value is -2.03. The third-order valence-corrected chi connectivity index (χ3v) is 3.25. The van der Waals surface area contributed by atoms with Gasteiger partial charge < -0.3 is 5.32 Å². The van der Waals surface area contributed by atoms with E-state index in [1.807, 2.05) is 0 Å². The molecule has 2 heterocycles. The van der Waals surface area contributed by atoms with E-state index >= 15 is 0 Å². The Morgan fingerprint density at radius 3 is 2.74 bits per heavy atom. The Morgan fingerprint density at radius 1 is 1.43 bits per heavy atom. The molecule has 126 valence electrons. The SMILES string of the molecule is Cc1cc(C(F)(F)F)nn1CC(=O)NCCCn1cc(Cl)cn1. The van der Waals surface area contributed by atoms with Crippen molar-refractivity contribution < 1.29 is 18.0 Å². The van der Waals surface area contributed by atoms with E-state index in [-0.39, 0.29) is 12.2 Å². The van der Waals surface area contributed by atoms with Crippen molar-refractivity contribution in [2.45, 2.75) is 32.6 Å². The van der Waals surface area contributed by atoms with Crippen molar-refractivity contribution in [3.63, 3.8) is 0 Å². The van der Waals surface area contributed by atoms with Crippen LogP contribution in [0.15, 0.2) is 18.5 Å². The monoisotopic (exact) mass is 349 g/mol. The number of carbonyl (C=O) groups excluding carboxylic acids is 1. The van der Waals surface area contributed by atoms with Gasteiger partial charge in [-0.05, 0) is 19.4 Å². The van der Waals surface area contributed by atoms with E-state index in [4.69, 9.17) is 11.6 Å². The standard InChI is InChI=1S/C13H15ClF3N5O/c1-9-5-11(13(15,16)17)20-22(9)8-12(23)18-3-2-4-21-7-10(14)6-19-21/h5-7H,2-4,8H2,1H3,(H,18,23). The smallest absolute Gasteiger partial charge is 0.354 e. The Bertz CT molecular complexity index is 679. The molecule has 0 atom stereocenters. The Balaban J connectivity index is 1.77. The van der Waals surface area contributed by atoms with Crippen LogP contribution in [-0.4, -0.2) is 32.0 Å². The van der Waals surface area contributed by atoms with Crippen LogP contribution in [0.4, 0.5) is 13.2 Å². The first-order valence-electron chi connectivity index (χ1n) is 6.82. The molecule has 2 rings (SSSR count). The van der Waals surface area contributed by atoms with Crippen molar-refractivity contribution in [3.8, 4) is 0 Å². The zero-order valence-electron chi connectivity index (χ0n) is 12.3. The third-order valence-electron chi connectivity index (χ3n) is 3.05. The molecular weight excluding hydrogens is 335 g/mol. The molecule has 0 aliphatic heterocycles. The van der Waals surface area contributed by atoms with Crippen molar-refractivity contribution in [1.29, 1.82) is 0 Å². The highest BCUT2D eigenvalue weighted by Crippen LogP contribution is 2.28. The van der Waals surface area contributed by atoms with Gasteiger partial charge in [-0.15, -0.1) is 0 Å². The molecule has 0 fully saturated rings. The molecule has 0 radical (unpaired) electrons. The summed E-state index contributed by atoms with van der Waals surface area (Å²) in [5.41, 5.74) is -0.725. The number of alkyl halides is 3. The van der Waals surface area contributed by atoms with Gasteiger partial charge >= 0.3 is 6.18 Å². The van der Waals surface area contributed by atoms with Crippen LogP contribution in [0.2, 0.25) is 5.02 Å².